The number of phenols is 1. The van der Waals surface area contributed by atoms with Crippen LogP contribution in [0.5, 0.6) is 11.5 Å². The van der Waals surface area contributed by atoms with E-state index >= 15 is 0 Å². The first-order valence-corrected chi connectivity index (χ1v) is 10.9. The minimum atomic E-state index is -0.0232. The highest BCUT2D eigenvalue weighted by Gasteiger charge is 2.19. The van der Waals surface area contributed by atoms with E-state index in [1.165, 1.54) is 70.6 Å². The maximum Gasteiger partial charge on any atom is 0.123 e. The molecule has 0 fully saturated rings. The molecule has 2 heteroatoms. The topological polar surface area (TPSA) is 29.5 Å². The van der Waals surface area contributed by atoms with Crippen molar-refractivity contribution in [1.82, 2.24) is 0 Å². The van der Waals surface area contributed by atoms with Crippen LogP contribution in [0.15, 0.2) is 18.2 Å². The summed E-state index contributed by atoms with van der Waals surface area (Å²) < 4.78 is 6.00. The molecule has 0 saturated heterocycles. The second kappa shape index (κ2) is 13.1. The molecule has 2 nitrogen and oxygen atoms in total. The SMILES string of the molecule is CCCCCCCCCCCCCCOc1ccc(O)cc1C(C)(C)C. The minimum Gasteiger partial charge on any atom is -0.508 e. The third kappa shape index (κ3) is 10.1. The van der Waals surface area contributed by atoms with Crippen molar-refractivity contribution in [2.75, 3.05) is 6.61 Å². The largest absolute Gasteiger partial charge is 0.508 e. The van der Waals surface area contributed by atoms with Gasteiger partial charge in [0.15, 0.2) is 0 Å². The predicted octanol–water partition coefficient (Wildman–Crippen LogP) is 7.77. The van der Waals surface area contributed by atoms with E-state index in [4.69, 9.17) is 4.74 Å². The number of unbranched alkanes of at least 4 members (excludes halogenated alkanes) is 11. The Hall–Kier alpha value is -1.18. The Labute approximate surface area is 162 Å². The molecule has 0 unspecified atom stereocenters. The molecule has 26 heavy (non-hydrogen) atoms. The van der Waals surface area contributed by atoms with E-state index in [1.54, 1.807) is 6.07 Å². The number of hydrogen-bond donors (Lipinski definition) is 1. The van der Waals surface area contributed by atoms with Crippen molar-refractivity contribution in [3.63, 3.8) is 0 Å². The van der Waals surface area contributed by atoms with Crippen LogP contribution in [0.3, 0.4) is 0 Å². The van der Waals surface area contributed by atoms with E-state index < -0.39 is 0 Å². The standard InChI is InChI=1S/C24H42O2/c1-5-6-7-8-9-10-11-12-13-14-15-16-19-26-23-18-17-21(25)20-22(23)24(2,3)4/h17-18,20,25H,5-16,19H2,1-4H3. The number of phenolic OH excluding ortho intramolecular Hbond substituents is 1. The first-order valence-electron chi connectivity index (χ1n) is 10.9. The summed E-state index contributed by atoms with van der Waals surface area (Å²) in [5.74, 6) is 1.23. The summed E-state index contributed by atoms with van der Waals surface area (Å²) >= 11 is 0. The van der Waals surface area contributed by atoms with Gasteiger partial charge in [0.2, 0.25) is 0 Å². The number of benzene rings is 1. The Bertz CT molecular complexity index is 474. The molecule has 150 valence electrons. The summed E-state index contributed by atoms with van der Waals surface area (Å²) in [4.78, 5) is 0. The van der Waals surface area contributed by atoms with Crippen LogP contribution in [-0.4, -0.2) is 11.7 Å². The lowest BCUT2D eigenvalue weighted by atomic mass is 9.86. The van der Waals surface area contributed by atoms with Crippen LogP contribution in [0.2, 0.25) is 0 Å². The summed E-state index contributed by atoms with van der Waals surface area (Å²) in [6.45, 7) is 9.50. The van der Waals surface area contributed by atoms with Gasteiger partial charge in [0, 0.05) is 5.56 Å². The third-order valence-corrected chi connectivity index (χ3v) is 5.03. The van der Waals surface area contributed by atoms with Crippen LogP contribution in [0.1, 0.15) is 110 Å². The van der Waals surface area contributed by atoms with Crippen LogP contribution < -0.4 is 4.74 Å². The molecule has 0 aliphatic heterocycles. The van der Waals surface area contributed by atoms with Gasteiger partial charge in [-0.2, -0.15) is 0 Å². The average molecular weight is 363 g/mol. The fourth-order valence-corrected chi connectivity index (χ4v) is 3.36. The molecule has 0 spiro atoms. The predicted molar refractivity (Wildman–Crippen MR) is 113 cm³/mol. The van der Waals surface area contributed by atoms with Crippen molar-refractivity contribution in [2.24, 2.45) is 0 Å². The van der Waals surface area contributed by atoms with Gasteiger partial charge in [-0.1, -0.05) is 98.3 Å². The van der Waals surface area contributed by atoms with E-state index in [1.807, 2.05) is 12.1 Å². The fourth-order valence-electron chi connectivity index (χ4n) is 3.36. The van der Waals surface area contributed by atoms with Gasteiger partial charge in [0.25, 0.3) is 0 Å². The van der Waals surface area contributed by atoms with Crippen LogP contribution in [-0.2, 0) is 5.41 Å². The second-order valence-electron chi connectivity index (χ2n) is 8.67. The van der Waals surface area contributed by atoms with Gasteiger partial charge in [-0.25, -0.2) is 0 Å². The third-order valence-electron chi connectivity index (χ3n) is 5.03. The van der Waals surface area contributed by atoms with E-state index in [2.05, 4.69) is 27.7 Å². The van der Waals surface area contributed by atoms with E-state index in [-0.39, 0.29) is 5.41 Å². The zero-order valence-corrected chi connectivity index (χ0v) is 17.8. The van der Waals surface area contributed by atoms with Crippen molar-refractivity contribution < 1.29 is 9.84 Å². The van der Waals surface area contributed by atoms with Crippen molar-refractivity contribution >= 4 is 0 Å². The first kappa shape index (κ1) is 22.9. The Morgan fingerprint density at radius 2 is 1.27 bits per heavy atom. The lowest BCUT2D eigenvalue weighted by molar-refractivity contribution is 0.295. The highest BCUT2D eigenvalue weighted by Crippen LogP contribution is 2.34. The summed E-state index contributed by atoms with van der Waals surface area (Å²) in [5.41, 5.74) is 1.06. The summed E-state index contributed by atoms with van der Waals surface area (Å²) in [7, 11) is 0. The Morgan fingerprint density at radius 3 is 1.77 bits per heavy atom. The molecule has 1 rings (SSSR count). The molecule has 0 bridgehead atoms. The fraction of sp³-hybridized carbons (Fsp3) is 0.750. The number of aromatic hydroxyl groups is 1. The number of hydrogen-bond acceptors (Lipinski definition) is 2. The molecule has 0 aliphatic rings. The quantitative estimate of drug-likeness (QED) is 0.342. The van der Waals surface area contributed by atoms with Gasteiger partial charge in [-0.15, -0.1) is 0 Å². The monoisotopic (exact) mass is 362 g/mol. The molecule has 0 aliphatic carbocycles. The van der Waals surface area contributed by atoms with Crippen LogP contribution >= 0.6 is 0 Å². The molecule has 0 amide bonds. The normalized spacial score (nSPS) is 11.7. The first-order chi connectivity index (χ1) is 12.4. The van der Waals surface area contributed by atoms with Gasteiger partial charge in [-0.05, 0) is 30.0 Å². The molecule has 0 radical (unpaired) electrons. The summed E-state index contributed by atoms with van der Waals surface area (Å²) in [5, 5.41) is 9.73. The molecule has 1 aromatic carbocycles. The lowest BCUT2D eigenvalue weighted by Gasteiger charge is -2.23. The highest BCUT2D eigenvalue weighted by molar-refractivity contribution is 5.43. The van der Waals surface area contributed by atoms with Gasteiger partial charge in [-0.3, -0.25) is 0 Å². The van der Waals surface area contributed by atoms with E-state index in [9.17, 15) is 5.11 Å². The van der Waals surface area contributed by atoms with Crippen LogP contribution in [0.25, 0.3) is 0 Å². The number of rotatable bonds is 14. The van der Waals surface area contributed by atoms with Crippen molar-refractivity contribution in [1.29, 1.82) is 0 Å². The second-order valence-corrected chi connectivity index (χ2v) is 8.67. The van der Waals surface area contributed by atoms with Crippen LogP contribution in [0.4, 0.5) is 0 Å². The molecule has 0 aromatic heterocycles. The van der Waals surface area contributed by atoms with Crippen molar-refractivity contribution in [2.45, 2.75) is 110 Å². The Kier molecular flexibility index (Phi) is 11.5. The number of ether oxygens (including phenoxy) is 1. The lowest BCUT2D eigenvalue weighted by Crippen LogP contribution is -2.13. The zero-order chi connectivity index (χ0) is 19.3. The summed E-state index contributed by atoms with van der Waals surface area (Å²) in [6, 6.07) is 5.45. The molecular weight excluding hydrogens is 320 g/mol. The van der Waals surface area contributed by atoms with Gasteiger partial charge >= 0.3 is 0 Å². The minimum absolute atomic E-state index is 0.0232. The Morgan fingerprint density at radius 1 is 0.769 bits per heavy atom. The van der Waals surface area contributed by atoms with E-state index in [0.29, 0.717) is 5.75 Å². The Balaban J connectivity index is 2.06. The summed E-state index contributed by atoms with van der Waals surface area (Å²) in [6.07, 6.45) is 16.3. The zero-order valence-electron chi connectivity index (χ0n) is 17.8. The molecule has 1 aromatic rings. The molecule has 0 atom stereocenters. The average Bonchev–Trinajstić information content (AvgIpc) is 2.59. The van der Waals surface area contributed by atoms with Crippen molar-refractivity contribution in [3.05, 3.63) is 23.8 Å². The highest BCUT2D eigenvalue weighted by atomic mass is 16.5. The smallest absolute Gasteiger partial charge is 0.123 e. The van der Waals surface area contributed by atoms with Crippen molar-refractivity contribution in [3.8, 4) is 11.5 Å². The maximum atomic E-state index is 9.73. The molecule has 0 saturated carbocycles. The molecule has 0 heterocycles. The van der Waals surface area contributed by atoms with E-state index in [0.717, 1.165) is 24.3 Å². The van der Waals surface area contributed by atoms with Crippen LogP contribution in [0, 0.1) is 0 Å². The molecule has 1 N–H and O–H groups in total. The molecular formula is C24H42O2. The van der Waals surface area contributed by atoms with Gasteiger partial charge in [0.05, 0.1) is 6.61 Å². The maximum absolute atomic E-state index is 9.73. The van der Waals surface area contributed by atoms with Gasteiger partial charge in [0.1, 0.15) is 11.5 Å². The van der Waals surface area contributed by atoms with Gasteiger partial charge < -0.3 is 9.84 Å².